The van der Waals surface area contributed by atoms with Gasteiger partial charge in [-0.15, -0.1) is 11.6 Å². The average Bonchev–Trinajstić information content (AvgIpc) is 2.53. The molecule has 108 valence electrons. The number of halogens is 1. The molecule has 0 fully saturated rings. The first-order chi connectivity index (χ1) is 10.2. The van der Waals surface area contributed by atoms with Crippen molar-refractivity contribution in [2.45, 2.75) is 5.38 Å². The number of anilines is 1. The van der Waals surface area contributed by atoms with Crippen molar-refractivity contribution in [2.24, 2.45) is 0 Å². The van der Waals surface area contributed by atoms with E-state index in [1.807, 2.05) is 42.5 Å². The fourth-order valence-corrected chi connectivity index (χ4v) is 2.50. The second kappa shape index (κ2) is 5.66. The number of hydrogen-bond donors (Lipinski definition) is 1. The third kappa shape index (κ3) is 2.81. The molecule has 0 aromatic heterocycles. The summed E-state index contributed by atoms with van der Waals surface area (Å²) in [6.07, 6.45) is 0. The van der Waals surface area contributed by atoms with E-state index >= 15 is 0 Å². The number of carbonyl (C=O) groups excluding carboxylic acids is 1. The summed E-state index contributed by atoms with van der Waals surface area (Å²) < 4.78 is 10.5. The highest BCUT2D eigenvalue weighted by Gasteiger charge is 2.18. The van der Waals surface area contributed by atoms with Gasteiger partial charge in [0.25, 0.3) is 5.91 Å². The fraction of sp³-hybridized carbons (Fsp3) is 0.188. The summed E-state index contributed by atoms with van der Waals surface area (Å²) in [7, 11) is 1.62. The predicted octanol–water partition coefficient (Wildman–Crippen LogP) is 3.35. The maximum Gasteiger partial charge on any atom is 0.262 e. The summed E-state index contributed by atoms with van der Waals surface area (Å²) in [4.78, 5) is 11.4. The van der Waals surface area contributed by atoms with Crippen LogP contribution in [0.5, 0.6) is 11.5 Å². The highest BCUT2D eigenvalue weighted by Crippen LogP contribution is 2.35. The van der Waals surface area contributed by atoms with Gasteiger partial charge in [-0.3, -0.25) is 4.79 Å². The van der Waals surface area contributed by atoms with Crippen molar-refractivity contribution in [3.63, 3.8) is 0 Å². The Balaban J connectivity index is 1.88. The molecule has 0 saturated heterocycles. The number of carbonyl (C=O) groups is 1. The largest absolute Gasteiger partial charge is 0.497 e. The lowest BCUT2D eigenvalue weighted by Crippen LogP contribution is -2.25. The van der Waals surface area contributed by atoms with E-state index in [0.717, 1.165) is 16.9 Å². The second-order valence-corrected chi connectivity index (χ2v) is 5.16. The molecule has 1 N–H and O–H groups in total. The van der Waals surface area contributed by atoms with Crippen LogP contribution in [0.15, 0.2) is 42.5 Å². The molecule has 0 aliphatic carbocycles. The van der Waals surface area contributed by atoms with Gasteiger partial charge < -0.3 is 14.8 Å². The SMILES string of the molecule is COc1ccc(C(Cl)c2ccc3c(c2)NC(=O)CO3)cc1. The van der Waals surface area contributed by atoms with E-state index in [4.69, 9.17) is 21.1 Å². The topological polar surface area (TPSA) is 47.6 Å². The molecular formula is C16H14ClNO3. The monoisotopic (exact) mass is 303 g/mol. The molecule has 5 heteroatoms. The Hall–Kier alpha value is -2.20. The molecule has 0 radical (unpaired) electrons. The fourth-order valence-electron chi connectivity index (χ4n) is 2.22. The van der Waals surface area contributed by atoms with E-state index in [0.29, 0.717) is 11.4 Å². The first kappa shape index (κ1) is 13.8. The Morgan fingerprint density at radius 3 is 2.62 bits per heavy atom. The van der Waals surface area contributed by atoms with Crippen LogP contribution >= 0.6 is 11.6 Å². The molecule has 1 aliphatic rings. The van der Waals surface area contributed by atoms with E-state index < -0.39 is 0 Å². The van der Waals surface area contributed by atoms with Crippen LogP contribution < -0.4 is 14.8 Å². The van der Waals surface area contributed by atoms with Crippen molar-refractivity contribution < 1.29 is 14.3 Å². The number of alkyl halides is 1. The zero-order valence-electron chi connectivity index (χ0n) is 11.4. The van der Waals surface area contributed by atoms with Gasteiger partial charge in [-0.2, -0.15) is 0 Å². The quantitative estimate of drug-likeness (QED) is 0.885. The Bertz CT molecular complexity index is 670. The Kier molecular flexibility index (Phi) is 3.71. The average molecular weight is 304 g/mol. The molecule has 1 unspecified atom stereocenters. The van der Waals surface area contributed by atoms with Gasteiger partial charge in [0.1, 0.15) is 11.5 Å². The van der Waals surface area contributed by atoms with E-state index in [2.05, 4.69) is 5.32 Å². The third-order valence-electron chi connectivity index (χ3n) is 3.34. The maximum absolute atomic E-state index is 11.4. The van der Waals surface area contributed by atoms with Gasteiger partial charge in [-0.25, -0.2) is 0 Å². The molecule has 1 heterocycles. The van der Waals surface area contributed by atoms with Gasteiger partial charge in [0.05, 0.1) is 18.2 Å². The summed E-state index contributed by atoms with van der Waals surface area (Å²) in [6, 6.07) is 13.1. The third-order valence-corrected chi connectivity index (χ3v) is 3.84. The van der Waals surface area contributed by atoms with Crippen LogP contribution in [0.2, 0.25) is 0 Å². The van der Waals surface area contributed by atoms with Crippen molar-refractivity contribution in [2.75, 3.05) is 19.0 Å². The Labute approximate surface area is 127 Å². The normalized spacial score (nSPS) is 14.7. The molecular weight excluding hydrogens is 290 g/mol. The lowest BCUT2D eigenvalue weighted by atomic mass is 10.0. The summed E-state index contributed by atoms with van der Waals surface area (Å²) in [5, 5.41) is 2.48. The molecule has 21 heavy (non-hydrogen) atoms. The number of benzene rings is 2. The summed E-state index contributed by atoms with van der Waals surface area (Å²) in [5.41, 5.74) is 2.51. The Morgan fingerprint density at radius 1 is 1.19 bits per heavy atom. The van der Waals surface area contributed by atoms with Crippen LogP contribution in [0.1, 0.15) is 16.5 Å². The molecule has 1 atom stereocenters. The summed E-state index contributed by atoms with van der Waals surface area (Å²) >= 11 is 6.51. The highest BCUT2D eigenvalue weighted by atomic mass is 35.5. The number of fused-ring (bicyclic) bond motifs is 1. The van der Waals surface area contributed by atoms with Gasteiger partial charge in [0, 0.05) is 0 Å². The first-order valence-corrected chi connectivity index (χ1v) is 6.95. The van der Waals surface area contributed by atoms with Gasteiger partial charge in [0.15, 0.2) is 6.61 Å². The number of ether oxygens (including phenoxy) is 2. The van der Waals surface area contributed by atoms with Crippen LogP contribution in [0.3, 0.4) is 0 Å². The minimum absolute atomic E-state index is 0.0507. The zero-order valence-corrected chi connectivity index (χ0v) is 12.2. The molecule has 0 bridgehead atoms. The van der Waals surface area contributed by atoms with Gasteiger partial charge in [-0.1, -0.05) is 18.2 Å². The van der Waals surface area contributed by atoms with Crippen molar-refractivity contribution in [1.29, 1.82) is 0 Å². The molecule has 1 amide bonds. The molecule has 1 aliphatic heterocycles. The zero-order chi connectivity index (χ0) is 14.8. The van der Waals surface area contributed by atoms with Gasteiger partial charge in [0.2, 0.25) is 0 Å². The van der Waals surface area contributed by atoms with Crippen LogP contribution in [0.4, 0.5) is 5.69 Å². The number of amides is 1. The summed E-state index contributed by atoms with van der Waals surface area (Å²) in [6.45, 7) is 0.0507. The number of rotatable bonds is 3. The molecule has 2 aromatic carbocycles. The molecule has 3 rings (SSSR count). The standard InChI is InChI=1S/C16H14ClNO3/c1-20-12-5-2-10(3-6-12)16(17)11-4-7-14-13(8-11)18-15(19)9-21-14/h2-8,16H,9H2,1H3,(H,18,19). The van der Waals surface area contributed by atoms with Crippen molar-refractivity contribution in [3.05, 3.63) is 53.6 Å². The molecule has 0 saturated carbocycles. The first-order valence-electron chi connectivity index (χ1n) is 6.52. The lowest BCUT2D eigenvalue weighted by molar-refractivity contribution is -0.118. The van der Waals surface area contributed by atoms with Crippen molar-refractivity contribution in [3.8, 4) is 11.5 Å². The van der Waals surface area contributed by atoms with E-state index in [9.17, 15) is 4.79 Å². The summed E-state index contributed by atoms with van der Waals surface area (Å²) in [5.74, 6) is 1.29. The van der Waals surface area contributed by atoms with Gasteiger partial charge in [-0.05, 0) is 35.4 Å². The predicted molar refractivity (Wildman–Crippen MR) is 81.3 cm³/mol. The molecule has 4 nitrogen and oxygen atoms in total. The molecule has 2 aromatic rings. The van der Waals surface area contributed by atoms with E-state index in [1.165, 1.54) is 0 Å². The number of hydrogen-bond acceptors (Lipinski definition) is 3. The van der Waals surface area contributed by atoms with Crippen LogP contribution in [-0.4, -0.2) is 19.6 Å². The number of methoxy groups -OCH3 is 1. The molecule has 0 spiro atoms. The lowest BCUT2D eigenvalue weighted by Gasteiger charge is -2.20. The maximum atomic E-state index is 11.4. The smallest absolute Gasteiger partial charge is 0.262 e. The van der Waals surface area contributed by atoms with E-state index in [1.54, 1.807) is 7.11 Å². The van der Waals surface area contributed by atoms with Crippen molar-refractivity contribution >= 4 is 23.2 Å². The van der Waals surface area contributed by atoms with Crippen molar-refractivity contribution in [1.82, 2.24) is 0 Å². The minimum atomic E-state index is -0.306. The minimum Gasteiger partial charge on any atom is -0.497 e. The van der Waals surface area contributed by atoms with E-state index in [-0.39, 0.29) is 17.9 Å². The number of nitrogens with one attached hydrogen (secondary N) is 1. The second-order valence-electron chi connectivity index (χ2n) is 4.73. The van der Waals surface area contributed by atoms with Gasteiger partial charge >= 0.3 is 0 Å². The van der Waals surface area contributed by atoms with Crippen LogP contribution in [-0.2, 0) is 4.79 Å². The van der Waals surface area contributed by atoms with Crippen LogP contribution in [0, 0.1) is 0 Å². The highest BCUT2D eigenvalue weighted by molar-refractivity contribution is 6.22. The Morgan fingerprint density at radius 2 is 1.90 bits per heavy atom. The van der Waals surface area contributed by atoms with Crippen LogP contribution in [0.25, 0.3) is 0 Å².